The van der Waals surface area contributed by atoms with E-state index in [1.54, 1.807) is 17.0 Å². The van der Waals surface area contributed by atoms with Crippen LogP contribution in [0.3, 0.4) is 0 Å². The summed E-state index contributed by atoms with van der Waals surface area (Å²) in [7, 11) is 0. The van der Waals surface area contributed by atoms with E-state index in [1.165, 1.54) is 22.7 Å². The SMILES string of the molecule is C=CCN(Cc1ccc(Cl)s1)C(=O)c1cc(N)c(C)s1. The first-order valence-electron chi connectivity index (χ1n) is 6.01. The Kier molecular flexibility index (Phi) is 4.86. The summed E-state index contributed by atoms with van der Waals surface area (Å²) in [4.78, 5) is 16.9. The van der Waals surface area contributed by atoms with Gasteiger partial charge in [0.25, 0.3) is 5.91 Å². The fourth-order valence-corrected chi connectivity index (χ4v) is 3.77. The van der Waals surface area contributed by atoms with Crippen LogP contribution in [0.25, 0.3) is 0 Å². The number of carbonyl (C=O) groups excluding carboxylic acids is 1. The second kappa shape index (κ2) is 6.43. The minimum atomic E-state index is -0.0285. The summed E-state index contributed by atoms with van der Waals surface area (Å²) >= 11 is 8.82. The number of hydrogen-bond acceptors (Lipinski definition) is 4. The van der Waals surface area contributed by atoms with Gasteiger partial charge in [-0.1, -0.05) is 17.7 Å². The van der Waals surface area contributed by atoms with Gasteiger partial charge in [0.1, 0.15) is 0 Å². The van der Waals surface area contributed by atoms with E-state index in [-0.39, 0.29) is 5.91 Å². The molecule has 0 radical (unpaired) electrons. The molecule has 0 spiro atoms. The van der Waals surface area contributed by atoms with Crippen molar-refractivity contribution in [2.75, 3.05) is 12.3 Å². The predicted octanol–water partition coefficient (Wildman–Crippen LogP) is 4.18. The number of amides is 1. The summed E-state index contributed by atoms with van der Waals surface area (Å²) in [6.07, 6.45) is 1.72. The molecular weight excluding hydrogens is 312 g/mol. The lowest BCUT2D eigenvalue weighted by Crippen LogP contribution is -2.29. The molecule has 0 unspecified atom stereocenters. The lowest BCUT2D eigenvalue weighted by Gasteiger charge is -2.19. The van der Waals surface area contributed by atoms with Gasteiger partial charge < -0.3 is 10.6 Å². The van der Waals surface area contributed by atoms with Crippen LogP contribution < -0.4 is 5.73 Å². The summed E-state index contributed by atoms with van der Waals surface area (Å²) in [6, 6.07) is 5.51. The molecule has 0 fully saturated rings. The molecule has 106 valence electrons. The van der Waals surface area contributed by atoms with Gasteiger partial charge in [0.2, 0.25) is 0 Å². The summed E-state index contributed by atoms with van der Waals surface area (Å²) < 4.78 is 0.724. The van der Waals surface area contributed by atoms with Crippen molar-refractivity contribution in [3.05, 3.63) is 49.8 Å². The Hall–Kier alpha value is -1.30. The van der Waals surface area contributed by atoms with Gasteiger partial charge in [-0.2, -0.15) is 0 Å². The van der Waals surface area contributed by atoms with Crippen molar-refractivity contribution in [3.8, 4) is 0 Å². The highest BCUT2D eigenvalue weighted by Crippen LogP contribution is 2.27. The topological polar surface area (TPSA) is 46.3 Å². The van der Waals surface area contributed by atoms with E-state index in [2.05, 4.69) is 6.58 Å². The fraction of sp³-hybridized carbons (Fsp3) is 0.214. The molecule has 0 aliphatic heterocycles. The average molecular weight is 327 g/mol. The molecule has 0 saturated heterocycles. The van der Waals surface area contributed by atoms with E-state index in [1.807, 2.05) is 19.1 Å². The van der Waals surface area contributed by atoms with Crippen LogP contribution in [0.5, 0.6) is 0 Å². The largest absolute Gasteiger partial charge is 0.398 e. The highest BCUT2D eigenvalue weighted by atomic mass is 35.5. The van der Waals surface area contributed by atoms with Gasteiger partial charge in [0, 0.05) is 22.0 Å². The number of carbonyl (C=O) groups is 1. The van der Waals surface area contributed by atoms with Gasteiger partial charge in [-0.3, -0.25) is 4.79 Å². The normalized spacial score (nSPS) is 10.5. The molecule has 2 aromatic rings. The van der Waals surface area contributed by atoms with Crippen molar-refractivity contribution in [2.24, 2.45) is 0 Å². The first-order valence-corrected chi connectivity index (χ1v) is 8.02. The molecule has 3 nitrogen and oxygen atoms in total. The van der Waals surface area contributed by atoms with Crippen LogP contribution in [0, 0.1) is 6.92 Å². The zero-order valence-corrected chi connectivity index (χ0v) is 13.4. The second-order valence-electron chi connectivity index (χ2n) is 4.30. The second-order valence-corrected chi connectivity index (χ2v) is 7.36. The third-order valence-electron chi connectivity index (χ3n) is 2.78. The molecular formula is C14H15ClN2OS2. The number of aryl methyl sites for hydroxylation is 1. The molecule has 20 heavy (non-hydrogen) atoms. The number of rotatable bonds is 5. The van der Waals surface area contributed by atoms with Gasteiger partial charge in [0.05, 0.1) is 15.8 Å². The summed E-state index contributed by atoms with van der Waals surface area (Å²) in [5.74, 6) is -0.0285. The average Bonchev–Trinajstić information content (AvgIpc) is 2.95. The number of halogens is 1. The monoisotopic (exact) mass is 326 g/mol. The van der Waals surface area contributed by atoms with Crippen LogP contribution in [0.2, 0.25) is 4.34 Å². The zero-order chi connectivity index (χ0) is 14.7. The van der Waals surface area contributed by atoms with E-state index in [9.17, 15) is 4.79 Å². The van der Waals surface area contributed by atoms with Crippen molar-refractivity contribution in [1.82, 2.24) is 4.90 Å². The minimum Gasteiger partial charge on any atom is -0.398 e. The molecule has 0 atom stereocenters. The Labute approximate surface area is 131 Å². The van der Waals surface area contributed by atoms with Crippen molar-refractivity contribution in [2.45, 2.75) is 13.5 Å². The Morgan fingerprint density at radius 1 is 1.50 bits per heavy atom. The van der Waals surface area contributed by atoms with Crippen LogP contribution in [0.4, 0.5) is 5.69 Å². The number of thiophene rings is 2. The predicted molar refractivity (Wildman–Crippen MR) is 87.7 cm³/mol. The van der Waals surface area contributed by atoms with Crippen LogP contribution in [0.1, 0.15) is 19.4 Å². The number of hydrogen-bond donors (Lipinski definition) is 1. The van der Waals surface area contributed by atoms with E-state index in [4.69, 9.17) is 17.3 Å². The van der Waals surface area contributed by atoms with E-state index in [0.29, 0.717) is 23.7 Å². The molecule has 0 aliphatic rings. The van der Waals surface area contributed by atoms with Crippen LogP contribution in [-0.4, -0.2) is 17.4 Å². The minimum absolute atomic E-state index is 0.0285. The van der Waals surface area contributed by atoms with Gasteiger partial charge >= 0.3 is 0 Å². The number of nitrogens with zero attached hydrogens (tertiary/aromatic N) is 1. The van der Waals surface area contributed by atoms with Crippen molar-refractivity contribution < 1.29 is 4.79 Å². The highest BCUT2D eigenvalue weighted by Gasteiger charge is 2.18. The fourth-order valence-electron chi connectivity index (χ4n) is 1.76. The molecule has 0 aliphatic carbocycles. The molecule has 6 heteroatoms. The first kappa shape index (κ1) is 15.1. The summed E-state index contributed by atoms with van der Waals surface area (Å²) in [5.41, 5.74) is 6.48. The Bertz CT molecular complexity index is 613. The first-order chi connectivity index (χ1) is 9.51. The molecule has 2 heterocycles. The van der Waals surface area contributed by atoms with Gasteiger partial charge in [-0.05, 0) is 25.1 Å². The van der Waals surface area contributed by atoms with Gasteiger partial charge in [0.15, 0.2) is 0 Å². The number of nitrogen functional groups attached to an aromatic ring is 1. The molecule has 0 aromatic carbocycles. The van der Waals surface area contributed by atoms with E-state index >= 15 is 0 Å². The van der Waals surface area contributed by atoms with E-state index < -0.39 is 0 Å². The Morgan fingerprint density at radius 2 is 2.25 bits per heavy atom. The molecule has 0 saturated carbocycles. The molecule has 0 bridgehead atoms. The van der Waals surface area contributed by atoms with Crippen LogP contribution in [-0.2, 0) is 6.54 Å². The van der Waals surface area contributed by atoms with Crippen LogP contribution in [0.15, 0.2) is 30.9 Å². The lowest BCUT2D eigenvalue weighted by molar-refractivity contribution is 0.0769. The standard InChI is InChI=1S/C14H15ClN2OS2/c1-3-6-17(8-10-4-5-13(15)20-10)14(18)12-7-11(16)9(2)19-12/h3-5,7H,1,6,8,16H2,2H3. The van der Waals surface area contributed by atoms with E-state index in [0.717, 1.165) is 14.1 Å². The van der Waals surface area contributed by atoms with Crippen molar-refractivity contribution in [3.63, 3.8) is 0 Å². The third-order valence-corrected chi connectivity index (χ3v) is 5.05. The number of nitrogens with two attached hydrogens (primary N) is 1. The maximum Gasteiger partial charge on any atom is 0.264 e. The maximum atomic E-state index is 12.5. The highest BCUT2D eigenvalue weighted by molar-refractivity contribution is 7.16. The lowest BCUT2D eigenvalue weighted by atomic mass is 10.3. The summed E-state index contributed by atoms with van der Waals surface area (Å²) in [5, 5.41) is 0. The Morgan fingerprint density at radius 3 is 2.75 bits per heavy atom. The van der Waals surface area contributed by atoms with Gasteiger partial charge in [-0.25, -0.2) is 0 Å². The quantitative estimate of drug-likeness (QED) is 0.838. The smallest absolute Gasteiger partial charge is 0.264 e. The third kappa shape index (κ3) is 3.42. The summed E-state index contributed by atoms with van der Waals surface area (Å²) in [6.45, 7) is 6.64. The molecule has 2 aromatic heterocycles. The Balaban J connectivity index is 2.19. The molecule has 1 amide bonds. The van der Waals surface area contributed by atoms with Crippen LogP contribution >= 0.6 is 34.3 Å². The van der Waals surface area contributed by atoms with Crippen molar-refractivity contribution >= 4 is 45.9 Å². The zero-order valence-electron chi connectivity index (χ0n) is 11.1. The molecule has 2 rings (SSSR count). The van der Waals surface area contributed by atoms with Crippen molar-refractivity contribution in [1.29, 1.82) is 0 Å². The van der Waals surface area contributed by atoms with Gasteiger partial charge in [-0.15, -0.1) is 29.3 Å². The number of anilines is 1. The molecule has 2 N–H and O–H groups in total. The maximum absolute atomic E-state index is 12.5.